The van der Waals surface area contributed by atoms with Crippen LogP contribution in [-0.2, 0) is 14.3 Å². The van der Waals surface area contributed by atoms with Crippen LogP contribution in [0.4, 0.5) is 0 Å². The van der Waals surface area contributed by atoms with Gasteiger partial charge in [0.2, 0.25) is 0 Å². The van der Waals surface area contributed by atoms with Crippen LogP contribution in [0.15, 0.2) is 71.6 Å². The van der Waals surface area contributed by atoms with Gasteiger partial charge in [0.25, 0.3) is 0 Å². The fraction of sp³-hybridized carbons (Fsp3) is 0. The zero-order chi connectivity index (χ0) is 18.0. The van der Waals surface area contributed by atoms with Gasteiger partial charge in [-0.05, 0) is 41.1 Å². The first kappa shape index (κ1) is 16.7. The molecule has 0 aliphatic carbocycles. The number of rotatable bonds is 4. The predicted molar refractivity (Wildman–Crippen MR) is 90.0 cm³/mol. The number of carbonyl (C=O) groups excluding carboxylic acids is 1. The Hall–Kier alpha value is -3.19. The molecule has 0 unspecified atom stereocenters. The van der Waals surface area contributed by atoms with E-state index in [2.05, 4.69) is 0 Å². The summed E-state index contributed by atoms with van der Waals surface area (Å²) in [5.74, 6) is -2.13. The van der Waals surface area contributed by atoms with E-state index in [1.54, 1.807) is 12.1 Å². The first-order valence-electron chi connectivity index (χ1n) is 7.18. The van der Waals surface area contributed by atoms with Crippen molar-refractivity contribution in [3.05, 3.63) is 77.9 Å². The maximum absolute atomic E-state index is 12.3. The molecule has 0 aromatic heterocycles. The number of aromatic carboxylic acids is 1. The third-order valence-corrected chi connectivity index (χ3v) is 4.78. The molecule has 3 aromatic rings. The Labute approximate surface area is 143 Å². The Morgan fingerprint density at radius 1 is 0.880 bits per heavy atom. The van der Waals surface area contributed by atoms with Crippen LogP contribution in [0.5, 0.6) is 0 Å². The fourth-order valence-electron chi connectivity index (χ4n) is 2.37. The summed E-state index contributed by atoms with van der Waals surface area (Å²) in [6, 6.07) is 16.1. The van der Waals surface area contributed by atoms with E-state index in [1.807, 2.05) is 0 Å². The molecule has 0 fully saturated rings. The Morgan fingerprint density at radius 3 is 2.28 bits per heavy atom. The van der Waals surface area contributed by atoms with Gasteiger partial charge in [0.15, 0.2) is 0 Å². The Balaban J connectivity index is 1.99. The normalized spacial score (nSPS) is 11.2. The number of carbonyl (C=O) groups is 2. The lowest BCUT2D eigenvalue weighted by Crippen LogP contribution is -2.14. The van der Waals surface area contributed by atoms with Gasteiger partial charge in [-0.2, -0.15) is 8.42 Å². The summed E-state index contributed by atoms with van der Waals surface area (Å²) in [5, 5.41) is 9.93. The Bertz CT molecular complexity index is 1070. The molecule has 0 spiro atoms. The summed E-state index contributed by atoms with van der Waals surface area (Å²) in [7, 11) is -4.24. The van der Waals surface area contributed by atoms with Gasteiger partial charge in [0.05, 0.1) is 11.1 Å². The van der Waals surface area contributed by atoms with E-state index in [0.29, 0.717) is 10.8 Å². The van der Waals surface area contributed by atoms with Gasteiger partial charge in [-0.3, -0.25) is 0 Å². The second kappa shape index (κ2) is 6.37. The molecule has 0 saturated carbocycles. The lowest BCUT2D eigenvalue weighted by Gasteiger charge is -2.08. The molecule has 0 aliphatic rings. The lowest BCUT2D eigenvalue weighted by atomic mass is 10.0. The molecule has 0 aliphatic heterocycles. The minimum atomic E-state index is -4.24. The summed E-state index contributed by atoms with van der Waals surface area (Å²) in [6.07, 6.45) is 0. The van der Waals surface area contributed by atoms with Crippen molar-refractivity contribution in [1.29, 1.82) is 0 Å². The molecular weight excluding hydrogens is 344 g/mol. The summed E-state index contributed by atoms with van der Waals surface area (Å²) in [6.45, 7) is 0. The molecule has 0 radical (unpaired) electrons. The van der Waals surface area contributed by atoms with Crippen molar-refractivity contribution in [1.82, 2.24) is 0 Å². The van der Waals surface area contributed by atoms with Crippen molar-refractivity contribution in [2.45, 2.75) is 4.90 Å². The molecule has 126 valence electrons. The van der Waals surface area contributed by atoms with Crippen molar-refractivity contribution in [3.63, 3.8) is 0 Å². The average molecular weight is 356 g/mol. The summed E-state index contributed by atoms with van der Waals surface area (Å²) < 4.78 is 29.1. The lowest BCUT2D eigenvalue weighted by molar-refractivity contribution is 0.0695. The van der Waals surface area contributed by atoms with E-state index in [1.165, 1.54) is 54.6 Å². The van der Waals surface area contributed by atoms with Gasteiger partial charge >= 0.3 is 22.1 Å². The number of carboxylic acids is 1. The molecule has 1 N–H and O–H groups in total. The highest BCUT2D eigenvalue weighted by molar-refractivity contribution is 7.87. The van der Waals surface area contributed by atoms with Crippen LogP contribution in [0.1, 0.15) is 20.7 Å². The largest absolute Gasteiger partial charge is 0.478 e. The highest BCUT2D eigenvalue weighted by Crippen LogP contribution is 2.23. The number of benzene rings is 3. The maximum Gasteiger partial charge on any atom is 0.354 e. The molecule has 0 saturated heterocycles. The van der Waals surface area contributed by atoms with Crippen molar-refractivity contribution in [3.8, 4) is 0 Å². The molecule has 0 atom stereocenters. The van der Waals surface area contributed by atoms with Crippen LogP contribution in [-0.4, -0.2) is 25.5 Å². The predicted octanol–water partition coefficient (Wildman–Crippen LogP) is 3.08. The van der Waals surface area contributed by atoms with Crippen LogP contribution in [0, 0.1) is 0 Å². The van der Waals surface area contributed by atoms with E-state index in [0.717, 1.165) is 0 Å². The molecule has 6 nitrogen and oxygen atoms in total. The second-order valence-corrected chi connectivity index (χ2v) is 6.73. The van der Waals surface area contributed by atoms with Gasteiger partial charge in [-0.25, -0.2) is 9.59 Å². The molecule has 0 heterocycles. The minimum Gasteiger partial charge on any atom is -0.478 e. The third kappa shape index (κ3) is 3.36. The topological polar surface area (TPSA) is 97.7 Å². The molecule has 3 rings (SSSR count). The van der Waals surface area contributed by atoms with Crippen molar-refractivity contribution in [2.24, 2.45) is 0 Å². The van der Waals surface area contributed by atoms with E-state index in [4.69, 9.17) is 9.29 Å². The second-order valence-electron chi connectivity index (χ2n) is 5.18. The Kier molecular flexibility index (Phi) is 4.24. The SMILES string of the molecule is O=C(O)c1ccc2c(C(=O)OS(=O)(=O)c3ccccc3)cccc2c1. The third-order valence-electron chi connectivity index (χ3n) is 3.56. The van der Waals surface area contributed by atoms with Gasteiger partial charge in [-0.15, -0.1) is 0 Å². The zero-order valence-electron chi connectivity index (χ0n) is 12.7. The number of hydrogen-bond acceptors (Lipinski definition) is 5. The number of fused-ring (bicyclic) bond motifs is 1. The molecule has 3 aromatic carbocycles. The number of carboxylic acid groups (broad SMARTS) is 1. The molecule has 0 bridgehead atoms. The van der Waals surface area contributed by atoms with Crippen LogP contribution < -0.4 is 0 Å². The van der Waals surface area contributed by atoms with Crippen LogP contribution >= 0.6 is 0 Å². The molecular formula is C18H12O6S. The van der Waals surface area contributed by atoms with Crippen molar-refractivity contribution >= 4 is 32.8 Å². The standard InChI is InChI=1S/C18H12O6S/c19-17(20)13-9-10-15-12(11-13)5-4-8-16(15)18(21)24-25(22,23)14-6-2-1-3-7-14/h1-11H,(H,19,20). The monoisotopic (exact) mass is 356 g/mol. The van der Waals surface area contributed by atoms with Gasteiger partial charge in [-0.1, -0.05) is 36.4 Å². The van der Waals surface area contributed by atoms with Crippen LogP contribution in [0.25, 0.3) is 10.8 Å². The molecule has 0 amide bonds. The number of hydrogen-bond donors (Lipinski definition) is 1. The summed E-state index contributed by atoms with van der Waals surface area (Å²) in [4.78, 5) is 23.3. The first-order chi connectivity index (χ1) is 11.9. The highest BCUT2D eigenvalue weighted by Gasteiger charge is 2.22. The van der Waals surface area contributed by atoms with E-state index in [-0.39, 0.29) is 16.0 Å². The quantitative estimate of drug-likeness (QED) is 0.722. The highest BCUT2D eigenvalue weighted by atomic mass is 32.2. The summed E-state index contributed by atoms with van der Waals surface area (Å²) >= 11 is 0. The van der Waals surface area contributed by atoms with Gasteiger partial charge in [0, 0.05) is 0 Å². The van der Waals surface area contributed by atoms with Crippen molar-refractivity contribution in [2.75, 3.05) is 0 Å². The fourth-order valence-corrected chi connectivity index (χ4v) is 3.25. The van der Waals surface area contributed by atoms with Crippen molar-refractivity contribution < 1.29 is 27.3 Å². The van der Waals surface area contributed by atoms with Gasteiger partial charge < -0.3 is 9.29 Å². The van der Waals surface area contributed by atoms with E-state index < -0.39 is 22.1 Å². The van der Waals surface area contributed by atoms with E-state index >= 15 is 0 Å². The minimum absolute atomic E-state index is 0.0361. The maximum atomic E-state index is 12.3. The smallest absolute Gasteiger partial charge is 0.354 e. The zero-order valence-corrected chi connectivity index (χ0v) is 13.6. The average Bonchev–Trinajstić information content (AvgIpc) is 2.61. The van der Waals surface area contributed by atoms with E-state index in [9.17, 15) is 18.0 Å². The molecule has 7 heteroatoms. The Morgan fingerprint density at radius 2 is 1.60 bits per heavy atom. The van der Waals surface area contributed by atoms with Gasteiger partial charge in [0.1, 0.15) is 4.90 Å². The van der Waals surface area contributed by atoms with Crippen LogP contribution in [0.2, 0.25) is 0 Å². The summed E-state index contributed by atoms with van der Waals surface area (Å²) in [5.41, 5.74) is 0.101. The van der Waals surface area contributed by atoms with Crippen LogP contribution in [0.3, 0.4) is 0 Å². The molecule has 25 heavy (non-hydrogen) atoms. The first-order valence-corrected chi connectivity index (χ1v) is 8.59.